The molecular weight excluding hydrogens is 246 g/mol. The molecule has 1 N–H and O–H groups in total. The van der Waals surface area contributed by atoms with Crippen molar-refractivity contribution in [2.24, 2.45) is 5.41 Å². The summed E-state index contributed by atoms with van der Waals surface area (Å²) < 4.78 is 5.18. The minimum Gasteiger partial charge on any atom is -0.481 e. The third-order valence-electron chi connectivity index (χ3n) is 3.86. The van der Waals surface area contributed by atoms with Crippen LogP contribution in [0.4, 0.5) is 5.95 Å². The average molecular weight is 267 g/mol. The first kappa shape index (κ1) is 13.8. The molecule has 1 fully saturated rings. The van der Waals surface area contributed by atoms with Crippen LogP contribution in [0.1, 0.15) is 44.4 Å². The number of rotatable bonds is 4. The highest BCUT2D eigenvalue weighted by molar-refractivity contribution is 5.75. The van der Waals surface area contributed by atoms with Crippen LogP contribution in [-0.4, -0.2) is 35.3 Å². The van der Waals surface area contributed by atoms with Crippen LogP contribution >= 0.6 is 0 Å². The molecule has 0 unspecified atom stereocenters. The van der Waals surface area contributed by atoms with Gasteiger partial charge >= 0.3 is 5.97 Å². The van der Waals surface area contributed by atoms with Gasteiger partial charge in [0.2, 0.25) is 5.89 Å². The Morgan fingerprint density at radius 2 is 1.95 bits per heavy atom. The maximum atomic E-state index is 11.7. The fraction of sp³-hybridized carbons (Fsp3) is 0.769. The molecule has 6 heteroatoms. The minimum atomic E-state index is -0.737. The van der Waals surface area contributed by atoms with Gasteiger partial charge in [-0.25, -0.2) is 0 Å². The number of aliphatic carboxylic acids is 1. The Hall–Kier alpha value is -1.59. The number of carboxylic acids is 1. The first-order valence-corrected chi connectivity index (χ1v) is 6.77. The summed E-state index contributed by atoms with van der Waals surface area (Å²) in [6, 6.07) is 0. The van der Waals surface area contributed by atoms with Crippen LogP contribution in [0, 0.1) is 5.41 Å². The molecule has 2 rings (SSSR count). The van der Waals surface area contributed by atoms with Crippen molar-refractivity contribution in [1.82, 2.24) is 10.1 Å². The zero-order chi connectivity index (χ0) is 13.9. The molecule has 0 radical (unpaired) electrons. The second-order valence-electron chi connectivity index (χ2n) is 5.56. The van der Waals surface area contributed by atoms with Gasteiger partial charge in [0.1, 0.15) is 0 Å². The number of carboxylic acid groups (broad SMARTS) is 1. The fourth-order valence-electron chi connectivity index (χ4n) is 2.66. The van der Waals surface area contributed by atoms with Gasteiger partial charge in [-0.2, -0.15) is 4.98 Å². The van der Waals surface area contributed by atoms with E-state index in [1.165, 1.54) is 0 Å². The van der Waals surface area contributed by atoms with Gasteiger partial charge < -0.3 is 14.5 Å². The molecule has 0 atom stereocenters. The summed E-state index contributed by atoms with van der Waals surface area (Å²) >= 11 is 0. The second-order valence-corrected chi connectivity index (χ2v) is 5.56. The van der Waals surface area contributed by atoms with E-state index in [4.69, 9.17) is 4.52 Å². The number of hydrogen-bond donors (Lipinski definition) is 1. The van der Waals surface area contributed by atoms with E-state index >= 15 is 0 Å². The monoisotopic (exact) mass is 267 g/mol. The maximum Gasteiger partial charge on any atom is 0.310 e. The van der Waals surface area contributed by atoms with Gasteiger partial charge in [0.25, 0.3) is 5.95 Å². The van der Waals surface area contributed by atoms with Crippen molar-refractivity contribution < 1.29 is 14.4 Å². The topological polar surface area (TPSA) is 79.5 Å². The summed E-state index contributed by atoms with van der Waals surface area (Å²) in [7, 11) is 3.65. The third kappa shape index (κ3) is 3.05. The Morgan fingerprint density at radius 1 is 1.32 bits per heavy atom. The van der Waals surface area contributed by atoms with Crippen LogP contribution in [0.2, 0.25) is 0 Å². The van der Waals surface area contributed by atoms with Crippen molar-refractivity contribution in [2.45, 2.75) is 44.9 Å². The van der Waals surface area contributed by atoms with E-state index < -0.39 is 11.4 Å². The van der Waals surface area contributed by atoms with Crippen molar-refractivity contribution in [1.29, 1.82) is 0 Å². The summed E-state index contributed by atoms with van der Waals surface area (Å²) in [5, 5.41) is 13.4. The zero-order valence-corrected chi connectivity index (χ0v) is 11.6. The molecule has 1 aliphatic rings. The van der Waals surface area contributed by atoms with Gasteiger partial charge in [0.05, 0.1) is 5.41 Å². The molecule has 0 aromatic carbocycles. The van der Waals surface area contributed by atoms with Crippen molar-refractivity contribution in [3.8, 4) is 0 Å². The van der Waals surface area contributed by atoms with E-state index in [0.717, 1.165) is 25.7 Å². The summed E-state index contributed by atoms with van der Waals surface area (Å²) in [5.74, 6) is 0.177. The Labute approximate surface area is 112 Å². The van der Waals surface area contributed by atoms with Crippen LogP contribution in [-0.2, 0) is 11.2 Å². The highest BCUT2D eigenvalue weighted by Gasteiger charge is 2.40. The van der Waals surface area contributed by atoms with E-state index in [9.17, 15) is 9.90 Å². The molecular formula is C13H21N3O3. The van der Waals surface area contributed by atoms with E-state index in [1.807, 2.05) is 14.1 Å². The van der Waals surface area contributed by atoms with E-state index in [1.54, 1.807) is 4.90 Å². The summed E-state index contributed by atoms with van der Waals surface area (Å²) in [6.07, 6.45) is 5.87. The first-order chi connectivity index (χ1) is 9.03. The molecule has 1 aliphatic carbocycles. The lowest BCUT2D eigenvalue weighted by Crippen LogP contribution is -2.33. The second kappa shape index (κ2) is 5.59. The molecule has 106 valence electrons. The van der Waals surface area contributed by atoms with Crippen molar-refractivity contribution >= 4 is 11.9 Å². The van der Waals surface area contributed by atoms with Gasteiger partial charge in [-0.3, -0.25) is 4.79 Å². The van der Waals surface area contributed by atoms with Gasteiger partial charge in [0, 0.05) is 20.5 Å². The van der Waals surface area contributed by atoms with E-state index in [0.29, 0.717) is 31.1 Å². The molecule has 6 nitrogen and oxygen atoms in total. The summed E-state index contributed by atoms with van der Waals surface area (Å²) in [6.45, 7) is 0. The lowest BCUT2D eigenvalue weighted by Gasteiger charge is -2.26. The SMILES string of the molecule is CN(C)c1noc(CC2(C(=O)O)CCCCCC2)n1. The molecule has 0 amide bonds. The number of nitrogens with zero attached hydrogens (tertiary/aromatic N) is 3. The van der Waals surface area contributed by atoms with Crippen LogP contribution in [0.3, 0.4) is 0 Å². The Balaban J connectivity index is 2.17. The molecule has 1 heterocycles. The summed E-state index contributed by atoms with van der Waals surface area (Å²) in [5.41, 5.74) is -0.730. The lowest BCUT2D eigenvalue weighted by molar-refractivity contribution is -0.150. The van der Waals surface area contributed by atoms with Crippen LogP contribution in [0.25, 0.3) is 0 Å². The zero-order valence-electron chi connectivity index (χ0n) is 11.6. The predicted molar refractivity (Wildman–Crippen MR) is 70.1 cm³/mol. The number of hydrogen-bond acceptors (Lipinski definition) is 5. The number of aromatic nitrogens is 2. The van der Waals surface area contributed by atoms with Crippen molar-refractivity contribution in [3.05, 3.63) is 5.89 Å². The lowest BCUT2D eigenvalue weighted by atomic mass is 9.77. The normalized spacial score (nSPS) is 18.8. The van der Waals surface area contributed by atoms with Crippen molar-refractivity contribution in [3.63, 3.8) is 0 Å². The molecule has 0 aliphatic heterocycles. The Morgan fingerprint density at radius 3 is 2.42 bits per heavy atom. The Kier molecular flexibility index (Phi) is 4.07. The van der Waals surface area contributed by atoms with Crippen LogP contribution in [0.15, 0.2) is 4.52 Å². The predicted octanol–water partition coefficient (Wildman–Crippen LogP) is 2.10. The van der Waals surface area contributed by atoms with Crippen LogP contribution in [0.5, 0.6) is 0 Å². The molecule has 0 spiro atoms. The summed E-state index contributed by atoms with van der Waals surface area (Å²) in [4.78, 5) is 17.7. The molecule has 1 aromatic rings. The minimum absolute atomic E-state index is 0.336. The molecule has 1 saturated carbocycles. The van der Waals surface area contributed by atoms with E-state index in [2.05, 4.69) is 10.1 Å². The standard InChI is InChI=1S/C13H21N3O3/c1-16(2)12-14-10(19-15-12)9-13(11(17)18)7-5-3-4-6-8-13/h3-9H2,1-2H3,(H,17,18). The third-order valence-corrected chi connectivity index (χ3v) is 3.86. The highest BCUT2D eigenvalue weighted by atomic mass is 16.5. The average Bonchev–Trinajstić information content (AvgIpc) is 2.68. The first-order valence-electron chi connectivity index (χ1n) is 6.77. The largest absolute Gasteiger partial charge is 0.481 e. The molecule has 0 saturated heterocycles. The highest BCUT2D eigenvalue weighted by Crippen LogP contribution is 2.38. The number of carbonyl (C=O) groups is 1. The van der Waals surface area contributed by atoms with Crippen molar-refractivity contribution in [2.75, 3.05) is 19.0 Å². The molecule has 1 aromatic heterocycles. The van der Waals surface area contributed by atoms with Gasteiger partial charge in [-0.05, 0) is 18.0 Å². The van der Waals surface area contributed by atoms with Crippen LogP contribution < -0.4 is 4.90 Å². The van der Waals surface area contributed by atoms with Gasteiger partial charge in [-0.1, -0.05) is 25.7 Å². The number of anilines is 1. The van der Waals surface area contributed by atoms with Gasteiger partial charge in [-0.15, -0.1) is 0 Å². The fourth-order valence-corrected chi connectivity index (χ4v) is 2.66. The smallest absolute Gasteiger partial charge is 0.310 e. The molecule has 19 heavy (non-hydrogen) atoms. The van der Waals surface area contributed by atoms with E-state index in [-0.39, 0.29) is 0 Å². The van der Waals surface area contributed by atoms with Gasteiger partial charge in [0.15, 0.2) is 0 Å². The quantitative estimate of drug-likeness (QED) is 0.842. The Bertz CT molecular complexity index is 434. The maximum absolute atomic E-state index is 11.7. The molecule has 0 bridgehead atoms.